The van der Waals surface area contributed by atoms with Crippen LogP contribution in [0, 0.1) is 0 Å². The Morgan fingerprint density at radius 2 is 2.00 bits per heavy atom. The Labute approximate surface area is 85.3 Å². The van der Waals surface area contributed by atoms with Gasteiger partial charge in [-0.1, -0.05) is 19.1 Å². The summed E-state index contributed by atoms with van der Waals surface area (Å²) in [7, 11) is 1.99. The largest absolute Gasteiger partial charge is 0.390 e. The summed E-state index contributed by atoms with van der Waals surface area (Å²) in [4.78, 5) is 6.01. The number of rotatable bonds is 4. The minimum absolute atomic E-state index is 0.599. The van der Waals surface area contributed by atoms with E-state index in [1.807, 2.05) is 11.9 Å². The Morgan fingerprint density at radius 3 is 2.50 bits per heavy atom. The van der Waals surface area contributed by atoms with Crippen LogP contribution in [0.2, 0.25) is 0 Å². The molecule has 0 saturated carbocycles. The molecule has 0 aliphatic rings. The van der Waals surface area contributed by atoms with Crippen LogP contribution in [0.4, 0.5) is 5.69 Å². The van der Waals surface area contributed by atoms with Crippen molar-refractivity contribution in [3.8, 4) is 0 Å². The van der Waals surface area contributed by atoms with E-state index in [4.69, 9.17) is 5.73 Å². The number of benzene rings is 1. The van der Waals surface area contributed by atoms with Crippen molar-refractivity contribution in [3.63, 3.8) is 0 Å². The number of nitrogens with zero attached hydrogens (tertiary/aromatic N) is 2. The number of aliphatic imine (C=N–C) groups is 1. The van der Waals surface area contributed by atoms with Crippen LogP contribution in [0.1, 0.15) is 12.5 Å². The number of hydrogen-bond acceptors (Lipinski definition) is 2. The standard InChI is InChI=1S/C11H17N3/c1-3-10-4-6-11(7-5-10)14(2)9-13-8-12/h4-8H,3,9H2,1-2H3,(H2,12,13). The summed E-state index contributed by atoms with van der Waals surface area (Å²) in [5.74, 6) is 0. The second-order valence-corrected chi connectivity index (χ2v) is 3.19. The van der Waals surface area contributed by atoms with Crippen LogP contribution in [0.5, 0.6) is 0 Å². The molecule has 1 rings (SSSR count). The van der Waals surface area contributed by atoms with Crippen LogP contribution in [0.25, 0.3) is 0 Å². The SMILES string of the molecule is CCc1ccc(N(C)C/N=C\N)cc1. The van der Waals surface area contributed by atoms with E-state index in [1.165, 1.54) is 11.9 Å². The van der Waals surface area contributed by atoms with Crippen molar-refractivity contribution in [2.75, 3.05) is 18.6 Å². The highest BCUT2D eigenvalue weighted by molar-refractivity contribution is 5.52. The highest BCUT2D eigenvalue weighted by atomic mass is 15.2. The van der Waals surface area contributed by atoms with Gasteiger partial charge in [-0.25, -0.2) is 0 Å². The molecule has 76 valence electrons. The highest BCUT2D eigenvalue weighted by Crippen LogP contribution is 2.13. The van der Waals surface area contributed by atoms with Gasteiger partial charge in [0.25, 0.3) is 0 Å². The summed E-state index contributed by atoms with van der Waals surface area (Å²) in [5, 5.41) is 0. The van der Waals surface area contributed by atoms with Gasteiger partial charge in [0.2, 0.25) is 0 Å². The molecule has 0 bridgehead atoms. The van der Waals surface area contributed by atoms with Crippen LogP contribution in [0.3, 0.4) is 0 Å². The lowest BCUT2D eigenvalue weighted by Crippen LogP contribution is -2.17. The lowest BCUT2D eigenvalue weighted by molar-refractivity contribution is 0.934. The molecule has 1 aromatic rings. The van der Waals surface area contributed by atoms with Crippen molar-refractivity contribution in [1.29, 1.82) is 0 Å². The van der Waals surface area contributed by atoms with Gasteiger partial charge in [0.15, 0.2) is 0 Å². The molecule has 0 unspecified atom stereocenters. The highest BCUT2D eigenvalue weighted by Gasteiger charge is 1.97. The summed E-state index contributed by atoms with van der Waals surface area (Å²) in [6, 6.07) is 8.48. The van der Waals surface area contributed by atoms with Gasteiger partial charge < -0.3 is 10.6 Å². The van der Waals surface area contributed by atoms with Crippen molar-refractivity contribution < 1.29 is 0 Å². The van der Waals surface area contributed by atoms with E-state index < -0.39 is 0 Å². The normalized spacial score (nSPS) is 10.7. The van der Waals surface area contributed by atoms with Gasteiger partial charge in [-0.05, 0) is 24.1 Å². The van der Waals surface area contributed by atoms with E-state index in [1.54, 1.807) is 0 Å². The molecule has 0 fully saturated rings. The number of aryl methyl sites for hydroxylation is 1. The first kappa shape index (κ1) is 10.6. The summed E-state index contributed by atoms with van der Waals surface area (Å²) in [6.45, 7) is 2.75. The van der Waals surface area contributed by atoms with Crippen LogP contribution < -0.4 is 10.6 Å². The molecule has 14 heavy (non-hydrogen) atoms. The first-order valence-corrected chi connectivity index (χ1v) is 4.78. The van der Waals surface area contributed by atoms with Gasteiger partial charge >= 0.3 is 0 Å². The fraction of sp³-hybridized carbons (Fsp3) is 0.364. The van der Waals surface area contributed by atoms with Gasteiger partial charge in [0.05, 0.1) is 6.34 Å². The minimum Gasteiger partial charge on any atom is -0.390 e. The monoisotopic (exact) mass is 191 g/mol. The third-order valence-electron chi connectivity index (χ3n) is 2.18. The smallest absolute Gasteiger partial charge is 0.111 e. The predicted octanol–water partition coefficient (Wildman–Crippen LogP) is 1.63. The van der Waals surface area contributed by atoms with E-state index in [0.717, 1.165) is 12.1 Å². The molecule has 0 saturated heterocycles. The van der Waals surface area contributed by atoms with E-state index in [9.17, 15) is 0 Å². The van der Waals surface area contributed by atoms with E-state index in [-0.39, 0.29) is 0 Å². The second kappa shape index (κ2) is 5.27. The molecule has 0 radical (unpaired) electrons. The summed E-state index contributed by atoms with van der Waals surface area (Å²) in [5.41, 5.74) is 7.69. The van der Waals surface area contributed by atoms with E-state index in [2.05, 4.69) is 36.2 Å². The molecule has 1 aromatic carbocycles. The summed E-state index contributed by atoms with van der Waals surface area (Å²) >= 11 is 0. The Morgan fingerprint density at radius 1 is 1.36 bits per heavy atom. The third kappa shape index (κ3) is 2.76. The van der Waals surface area contributed by atoms with Gasteiger partial charge in [-0.2, -0.15) is 0 Å². The lowest BCUT2D eigenvalue weighted by Gasteiger charge is -2.16. The quantitative estimate of drug-likeness (QED) is 0.580. The molecule has 2 N–H and O–H groups in total. The Kier molecular flexibility index (Phi) is 3.98. The van der Waals surface area contributed by atoms with E-state index in [0.29, 0.717) is 6.67 Å². The van der Waals surface area contributed by atoms with Crippen LogP contribution in [0.15, 0.2) is 29.3 Å². The van der Waals surface area contributed by atoms with Crippen molar-refractivity contribution in [1.82, 2.24) is 0 Å². The summed E-state index contributed by atoms with van der Waals surface area (Å²) < 4.78 is 0. The molecule has 3 nitrogen and oxygen atoms in total. The first-order valence-electron chi connectivity index (χ1n) is 4.78. The molecule has 0 aromatic heterocycles. The Bertz CT molecular complexity index is 290. The first-order chi connectivity index (χ1) is 6.77. The maximum atomic E-state index is 5.18. The van der Waals surface area contributed by atoms with Crippen LogP contribution >= 0.6 is 0 Å². The molecule has 0 aliphatic carbocycles. The molecule has 3 heteroatoms. The minimum atomic E-state index is 0.599. The molecule has 0 heterocycles. The average molecular weight is 191 g/mol. The molecule has 0 spiro atoms. The van der Waals surface area contributed by atoms with Crippen molar-refractivity contribution in [2.45, 2.75) is 13.3 Å². The van der Waals surface area contributed by atoms with Gasteiger partial charge in [0.1, 0.15) is 6.67 Å². The molecular formula is C11H17N3. The Hall–Kier alpha value is -1.51. The van der Waals surface area contributed by atoms with Crippen LogP contribution in [-0.2, 0) is 6.42 Å². The fourth-order valence-corrected chi connectivity index (χ4v) is 1.24. The van der Waals surface area contributed by atoms with Crippen molar-refractivity contribution in [2.24, 2.45) is 10.7 Å². The topological polar surface area (TPSA) is 41.6 Å². The van der Waals surface area contributed by atoms with Gasteiger partial charge in [-0.3, -0.25) is 4.99 Å². The zero-order valence-corrected chi connectivity index (χ0v) is 8.77. The maximum Gasteiger partial charge on any atom is 0.111 e. The van der Waals surface area contributed by atoms with Crippen molar-refractivity contribution >= 4 is 12.0 Å². The molecule has 0 atom stereocenters. The second-order valence-electron chi connectivity index (χ2n) is 3.19. The average Bonchev–Trinajstić information content (AvgIpc) is 2.26. The van der Waals surface area contributed by atoms with Crippen LogP contribution in [-0.4, -0.2) is 20.1 Å². The zero-order valence-electron chi connectivity index (χ0n) is 8.77. The molecular weight excluding hydrogens is 174 g/mol. The summed E-state index contributed by atoms with van der Waals surface area (Å²) in [6.07, 6.45) is 2.40. The lowest BCUT2D eigenvalue weighted by atomic mass is 10.1. The predicted molar refractivity (Wildman–Crippen MR) is 61.8 cm³/mol. The maximum absolute atomic E-state index is 5.18. The number of nitrogens with two attached hydrogens (primary N) is 1. The number of anilines is 1. The number of hydrogen-bond donors (Lipinski definition) is 1. The molecule has 0 aliphatic heterocycles. The van der Waals surface area contributed by atoms with Gasteiger partial charge in [0, 0.05) is 12.7 Å². The zero-order chi connectivity index (χ0) is 10.4. The van der Waals surface area contributed by atoms with E-state index >= 15 is 0 Å². The van der Waals surface area contributed by atoms with Gasteiger partial charge in [-0.15, -0.1) is 0 Å². The fourth-order valence-electron chi connectivity index (χ4n) is 1.24. The molecule has 0 amide bonds. The third-order valence-corrected chi connectivity index (χ3v) is 2.18. The Balaban J connectivity index is 2.66. The van der Waals surface area contributed by atoms with Crippen molar-refractivity contribution in [3.05, 3.63) is 29.8 Å².